The first-order valence-electron chi connectivity index (χ1n) is 7.13. The molecule has 2 rings (SSSR count). The van der Waals surface area contributed by atoms with E-state index in [0.29, 0.717) is 28.2 Å². The average molecular weight is 321 g/mol. The summed E-state index contributed by atoms with van der Waals surface area (Å²) >= 11 is 0. The first kappa shape index (κ1) is 17.0. The summed E-state index contributed by atoms with van der Waals surface area (Å²) in [5.41, 5.74) is 1.26. The molecule has 0 heterocycles. The molecule has 0 bridgehead atoms. The first-order valence-corrected chi connectivity index (χ1v) is 7.13. The third-order valence-corrected chi connectivity index (χ3v) is 3.13. The van der Waals surface area contributed by atoms with Crippen LogP contribution in [0.3, 0.4) is 0 Å². The number of carbonyl (C=O) groups excluding carboxylic acids is 2. The Morgan fingerprint density at radius 3 is 2.17 bits per heavy atom. The monoisotopic (exact) mass is 321 g/mol. The molecule has 2 aromatic rings. The van der Waals surface area contributed by atoms with Crippen molar-refractivity contribution in [3.63, 3.8) is 0 Å². The van der Waals surface area contributed by atoms with Gasteiger partial charge in [-0.05, 0) is 61.0 Å². The van der Waals surface area contributed by atoms with Crippen molar-refractivity contribution in [3.05, 3.63) is 71.8 Å². The lowest BCUT2D eigenvalue weighted by atomic mass is 10.2. The Morgan fingerprint density at radius 2 is 1.62 bits per heavy atom. The van der Waals surface area contributed by atoms with Crippen LogP contribution in [-0.2, 0) is 4.79 Å². The van der Waals surface area contributed by atoms with Gasteiger partial charge in [-0.2, -0.15) is 5.26 Å². The highest BCUT2D eigenvalue weighted by molar-refractivity contribution is 5.95. The van der Waals surface area contributed by atoms with Gasteiger partial charge in [-0.25, -0.2) is 4.79 Å². The molecule has 2 aromatic carbocycles. The van der Waals surface area contributed by atoms with Crippen molar-refractivity contribution in [2.45, 2.75) is 6.92 Å². The third kappa shape index (κ3) is 4.55. The van der Waals surface area contributed by atoms with Crippen molar-refractivity contribution in [1.29, 1.82) is 5.26 Å². The molecule has 0 saturated carbocycles. The summed E-state index contributed by atoms with van der Waals surface area (Å²) in [6, 6.07) is 14.5. The molecule has 0 aliphatic carbocycles. The molecule has 0 amide bonds. The largest absolute Gasteiger partial charge is 0.485 e. The minimum Gasteiger partial charge on any atom is -0.485 e. The highest BCUT2D eigenvalue weighted by atomic mass is 16.5. The van der Waals surface area contributed by atoms with Gasteiger partial charge in [0.15, 0.2) is 12.4 Å². The molecule has 0 N–H and O–H groups in total. The second-order valence-corrected chi connectivity index (χ2v) is 5.04. The maximum Gasteiger partial charge on any atom is 0.343 e. The number of esters is 1. The zero-order valence-electron chi connectivity index (χ0n) is 13.1. The van der Waals surface area contributed by atoms with E-state index in [-0.39, 0.29) is 12.4 Å². The van der Waals surface area contributed by atoms with Crippen molar-refractivity contribution < 1.29 is 19.1 Å². The summed E-state index contributed by atoms with van der Waals surface area (Å²) in [7, 11) is 0. The van der Waals surface area contributed by atoms with Crippen LogP contribution in [0.4, 0.5) is 0 Å². The van der Waals surface area contributed by atoms with Crippen LogP contribution in [0, 0.1) is 11.3 Å². The molecule has 0 aromatic heterocycles. The fraction of sp³-hybridized carbons (Fsp3) is 0.105. The van der Waals surface area contributed by atoms with Crippen LogP contribution in [0.1, 0.15) is 22.8 Å². The second-order valence-electron chi connectivity index (χ2n) is 5.04. The van der Waals surface area contributed by atoms with Crippen molar-refractivity contribution in [3.8, 4) is 17.6 Å². The number of ketones is 1. The Bertz CT molecular complexity index is 799. The maximum atomic E-state index is 12.0. The van der Waals surface area contributed by atoms with E-state index in [1.165, 1.54) is 0 Å². The number of benzene rings is 2. The van der Waals surface area contributed by atoms with Crippen LogP contribution in [0.15, 0.2) is 60.7 Å². The first-order chi connectivity index (χ1) is 11.5. The number of nitrogens with zero attached hydrogens (tertiary/aromatic N) is 1. The van der Waals surface area contributed by atoms with Crippen molar-refractivity contribution >= 4 is 11.8 Å². The average Bonchev–Trinajstić information content (AvgIpc) is 2.60. The molecule has 0 aliphatic rings. The molecule has 0 aliphatic heterocycles. The number of carbonyl (C=O) groups is 2. The molecule has 0 unspecified atom stereocenters. The molecular formula is C19H15NO4. The zero-order chi connectivity index (χ0) is 17.5. The number of nitriles is 1. The van der Waals surface area contributed by atoms with Gasteiger partial charge < -0.3 is 9.47 Å². The lowest BCUT2D eigenvalue weighted by Crippen LogP contribution is -2.12. The topological polar surface area (TPSA) is 76.4 Å². The summed E-state index contributed by atoms with van der Waals surface area (Å²) in [5.74, 6) is 0.120. The highest BCUT2D eigenvalue weighted by Crippen LogP contribution is 2.16. The molecular weight excluding hydrogens is 306 g/mol. The fourth-order valence-corrected chi connectivity index (χ4v) is 1.72. The van der Waals surface area contributed by atoms with E-state index in [0.717, 1.165) is 0 Å². The Labute approximate surface area is 139 Å². The van der Waals surface area contributed by atoms with Gasteiger partial charge in [-0.1, -0.05) is 6.58 Å². The van der Waals surface area contributed by atoms with E-state index < -0.39 is 5.97 Å². The van der Waals surface area contributed by atoms with Crippen molar-refractivity contribution in [1.82, 2.24) is 0 Å². The summed E-state index contributed by atoms with van der Waals surface area (Å²) in [5, 5.41) is 8.73. The van der Waals surface area contributed by atoms with Gasteiger partial charge in [0.05, 0.1) is 17.2 Å². The molecule has 5 heteroatoms. The van der Waals surface area contributed by atoms with Gasteiger partial charge in [-0.15, -0.1) is 0 Å². The van der Waals surface area contributed by atoms with E-state index in [1.807, 2.05) is 6.07 Å². The van der Waals surface area contributed by atoms with E-state index in [2.05, 4.69) is 6.58 Å². The lowest BCUT2D eigenvalue weighted by molar-refractivity contribution is -0.117. The lowest BCUT2D eigenvalue weighted by Gasteiger charge is -2.07. The molecule has 5 nitrogen and oxygen atoms in total. The quantitative estimate of drug-likeness (QED) is 0.463. The van der Waals surface area contributed by atoms with Crippen LogP contribution < -0.4 is 9.47 Å². The molecule has 0 saturated heterocycles. The van der Waals surface area contributed by atoms with Crippen LogP contribution in [0.25, 0.3) is 0 Å². The highest BCUT2D eigenvalue weighted by Gasteiger charge is 2.09. The van der Waals surface area contributed by atoms with Crippen LogP contribution in [0.2, 0.25) is 0 Å². The molecule has 24 heavy (non-hydrogen) atoms. The predicted molar refractivity (Wildman–Crippen MR) is 87.9 cm³/mol. The number of Topliss-reactive ketones (excluding diaryl/α,β-unsaturated/α-hetero) is 1. The SMILES string of the molecule is C=C(C)C(=O)COc1ccc(C(=O)Oc2ccc(C#N)cc2)cc1. The normalized spacial score (nSPS) is 9.67. The molecule has 0 radical (unpaired) electrons. The van der Waals surface area contributed by atoms with Gasteiger partial charge in [0.1, 0.15) is 11.5 Å². The third-order valence-electron chi connectivity index (χ3n) is 3.13. The van der Waals surface area contributed by atoms with Gasteiger partial charge >= 0.3 is 5.97 Å². The number of rotatable bonds is 6. The van der Waals surface area contributed by atoms with E-state index in [4.69, 9.17) is 14.7 Å². The van der Waals surface area contributed by atoms with Crippen molar-refractivity contribution in [2.24, 2.45) is 0 Å². The molecule has 0 spiro atoms. The van der Waals surface area contributed by atoms with E-state index in [1.54, 1.807) is 55.5 Å². The number of hydrogen-bond donors (Lipinski definition) is 0. The fourth-order valence-electron chi connectivity index (χ4n) is 1.72. The summed E-state index contributed by atoms with van der Waals surface area (Å²) in [6.45, 7) is 5.07. The van der Waals surface area contributed by atoms with Gasteiger partial charge in [0.25, 0.3) is 0 Å². The molecule has 0 atom stereocenters. The number of ether oxygens (including phenoxy) is 2. The van der Waals surface area contributed by atoms with Crippen LogP contribution in [0.5, 0.6) is 11.5 Å². The van der Waals surface area contributed by atoms with Crippen LogP contribution in [-0.4, -0.2) is 18.4 Å². The summed E-state index contributed by atoms with van der Waals surface area (Å²) in [4.78, 5) is 23.5. The second kappa shape index (κ2) is 7.75. The summed E-state index contributed by atoms with van der Waals surface area (Å²) < 4.78 is 10.5. The minimum absolute atomic E-state index is 0.0929. The Kier molecular flexibility index (Phi) is 5.48. The Hall–Kier alpha value is -3.39. The number of hydrogen-bond acceptors (Lipinski definition) is 5. The standard InChI is InChI=1S/C19H15NO4/c1-13(2)18(21)12-23-16-9-5-15(6-10-16)19(22)24-17-7-3-14(11-20)4-8-17/h3-10H,1,12H2,2H3. The molecule has 120 valence electrons. The Balaban J connectivity index is 1.96. The summed E-state index contributed by atoms with van der Waals surface area (Å²) in [6.07, 6.45) is 0. The maximum absolute atomic E-state index is 12.0. The van der Waals surface area contributed by atoms with E-state index >= 15 is 0 Å². The van der Waals surface area contributed by atoms with E-state index in [9.17, 15) is 9.59 Å². The van der Waals surface area contributed by atoms with Crippen molar-refractivity contribution in [2.75, 3.05) is 6.61 Å². The van der Waals surface area contributed by atoms with Gasteiger partial charge in [0.2, 0.25) is 0 Å². The Morgan fingerprint density at radius 1 is 1.04 bits per heavy atom. The van der Waals surface area contributed by atoms with Gasteiger partial charge in [-0.3, -0.25) is 4.79 Å². The van der Waals surface area contributed by atoms with Crippen LogP contribution >= 0.6 is 0 Å². The smallest absolute Gasteiger partial charge is 0.343 e. The minimum atomic E-state index is -0.524. The van der Waals surface area contributed by atoms with Gasteiger partial charge in [0, 0.05) is 0 Å². The predicted octanol–water partition coefficient (Wildman–Crippen LogP) is 3.30. The molecule has 0 fully saturated rings. The zero-order valence-corrected chi connectivity index (χ0v) is 13.1.